The minimum Gasteiger partial charge on any atom is -0.394 e. The van der Waals surface area contributed by atoms with Crippen LogP contribution in [0.15, 0.2) is 0 Å². The van der Waals surface area contributed by atoms with Crippen molar-refractivity contribution in [2.75, 3.05) is 6.61 Å². The molecule has 4 unspecified atom stereocenters. The first-order chi connectivity index (χ1) is 8.43. The van der Waals surface area contributed by atoms with E-state index in [4.69, 9.17) is 5.73 Å². The number of nitrogens with two attached hydrogens (primary N) is 1. The van der Waals surface area contributed by atoms with Crippen molar-refractivity contribution in [1.29, 1.82) is 0 Å². The molecule has 18 heavy (non-hydrogen) atoms. The van der Waals surface area contributed by atoms with Gasteiger partial charge in [0.15, 0.2) is 0 Å². The highest BCUT2D eigenvalue weighted by Gasteiger charge is 2.30. The highest BCUT2D eigenvalue weighted by molar-refractivity contribution is 5.79. The number of hydrogen-bond donors (Lipinski definition) is 3. The van der Waals surface area contributed by atoms with Crippen molar-refractivity contribution >= 4 is 5.91 Å². The van der Waals surface area contributed by atoms with Gasteiger partial charge in [0.05, 0.1) is 12.6 Å². The standard InChI is InChI=1S/C14H28N2O2/c1-9(2)6-12(8-17)16-14(18)11-4-5-13(15)10(3)7-11/h9-13,17H,4-8,15H2,1-3H3,(H,16,18). The van der Waals surface area contributed by atoms with Crippen molar-refractivity contribution in [3.8, 4) is 0 Å². The molecule has 4 nitrogen and oxygen atoms in total. The molecule has 1 aliphatic carbocycles. The molecule has 106 valence electrons. The van der Waals surface area contributed by atoms with Crippen LogP contribution in [0.5, 0.6) is 0 Å². The molecule has 1 aliphatic rings. The highest BCUT2D eigenvalue weighted by Crippen LogP contribution is 2.28. The van der Waals surface area contributed by atoms with Crippen molar-refractivity contribution in [1.82, 2.24) is 5.32 Å². The van der Waals surface area contributed by atoms with Crippen LogP contribution in [0.3, 0.4) is 0 Å². The van der Waals surface area contributed by atoms with Gasteiger partial charge < -0.3 is 16.2 Å². The third-order valence-corrected chi connectivity index (χ3v) is 3.93. The van der Waals surface area contributed by atoms with Crippen LogP contribution in [0.4, 0.5) is 0 Å². The van der Waals surface area contributed by atoms with E-state index in [1.165, 1.54) is 0 Å². The predicted octanol–water partition coefficient (Wildman–Crippen LogP) is 1.27. The van der Waals surface area contributed by atoms with Crippen molar-refractivity contribution in [2.24, 2.45) is 23.5 Å². The molecule has 4 N–H and O–H groups in total. The number of amides is 1. The fourth-order valence-corrected chi connectivity index (χ4v) is 2.72. The van der Waals surface area contributed by atoms with Gasteiger partial charge in [-0.05, 0) is 37.5 Å². The molecule has 1 amide bonds. The van der Waals surface area contributed by atoms with Crippen molar-refractivity contribution in [3.05, 3.63) is 0 Å². The van der Waals surface area contributed by atoms with Gasteiger partial charge in [0, 0.05) is 12.0 Å². The van der Waals surface area contributed by atoms with Crippen LogP contribution in [-0.2, 0) is 4.79 Å². The van der Waals surface area contributed by atoms with E-state index >= 15 is 0 Å². The van der Waals surface area contributed by atoms with Gasteiger partial charge in [-0.25, -0.2) is 0 Å². The zero-order valence-electron chi connectivity index (χ0n) is 11.9. The number of aliphatic hydroxyl groups is 1. The molecule has 0 spiro atoms. The summed E-state index contributed by atoms with van der Waals surface area (Å²) in [5, 5.41) is 12.3. The van der Waals surface area contributed by atoms with E-state index < -0.39 is 0 Å². The lowest BCUT2D eigenvalue weighted by Gasteiger charge is -2.32. The first-order valence-electron chi connectivity index (χ1n) is 7.10. The van der Waals surface area contributed by atoms with Gasteiger partial charge in [-0.15, -0.1) is 0 Å². The largest absolute Gasteiger partial charge is 0.394 e. The topological polar surface area (TPSA) is 75.3 Å². The molecule has 1 saturated carbocycles. The molecule has 0 saturated heterocycles. The van der Waals surface area contributed by atoms with Crippen LogP contribution in [0.25, 0.3) is 0 Å². The summed E-state index contributed by atoms with van der Waals surface area (Å²) >= 11 is 0. The fraction of sp³-hybridized carbons (Fsp3) is 0.929. The van der Waals surface area contributed by atoms with Crippen molar-refractivity contribution < 1.29 is 9.90 Å². The Bertz CT molecular complexity index is 269. The molecule has 0 radical (unpaired) electrons. The highest BCUT2D eigenvalue weighted by atomic mass is 16.3. The molecule has 0 bridgehead atoms. The molecule has 4 heteroatoms. The molecule has 0 aromatic rings. The lowest BCUT2D eigenvalue weighted by Crippen LogP contribution is -2.45. The van der Waals surface area contributed by atoms with E-state index in [9.17, 15) is 9.90 Å². The van der Waals surface area contributed by atoms with Crippen LogP contribution >= 0.6 is 0 Å². The molecule has 0 heterocycles. The second-order valence-electron chi connectivity index (χ2n) is 6.17. The molecule has 4 atom stereocenters. The summed E-state index contributed by atoms with van der Waals surface area (Å²) < 4.78 is 0. The SMILES string of the molecule is CC(C)CC(CO)NC(=O)C1CCC(N)C(C)C1. The Hall–Kier alpha value is -0.610. The molecule has 0 aromatic carbocycles. The van der Waals surface area contributed by atoms with E-state index in [0.717, 1.165) is 25.7 Å². The number of carbonyl (C=O) groups excluding carboxylic acids is 1. The van der Waals surface area contributed by atoms with Gasteiger partial charge in [0.25, 0.3) is 0 Å². The summed E-state index contributed by atoms with van der Waals surface area (Å²) in [6.07, 6.45) is 3.49. The van der Waals surface area contributed by atoms with E-state index in [1.54, 1.807) is 0 Å². The van der Waals surface area contributed by atoms with Gasteiger partial charge in [0.1, 0.15) is 0 Å². The number of aliphatic hydroxyl groups excluding tert-OH is 1. The van der Waals surface area contributed by atoms with Gasteiger partial charge in [-0.2, -0.15) is 0 Å². The normalized spacial score (nSPS) is 30.2. The van der Waals surface area contributed by atoms with E-state index in [1.807, 2.05) is 0 Å². The summed E-state index contributed by atoms with van der Waals surface area (Å²) in [5.74, 6) is 1.04. The Labute approximate surface area is 110 Å². The Morgan fingerprint density at radius 1 is 1.44 bits per heavy atom. The number of rotatable bonds is 5. The third-order valence-electron chi connectivity index (χ3n) is 3.93. The quantitative estimate of drug-likeness (QED) is 0.693. The molecular weight excluding hydrogens is 228 g/mol. The van der Waals surface area contributed by atoms with Crippen LogP contribution in [0.1, 0.15) is 46.5 Å². The first kappa shape index (κ1) is 15.4. The minimum atomic E-state index is -0.108. The van der Waals surface area contributed by atoms with E-state index in [2.05, 4.69) is 26.1 Å². The van der Waals surface area contributed by atoms with Crippen LogP contribution in [-0.4, -0.2) is 29.7 Å². The first-order valence-corrected chi connectivity index (χ1v) is 7.10. The molecular formula is C14H28N2O2. The average molecular weight is 256 g/mol. The third kappa shape index (κ3) is 4.58. The maximum absolute atomic E-state index is 12.1. The Morgan fingerprint density at radius 3 is 2.61 bits per heavy atom. The zero-order chi connectivity index (χ0) is 13.7. The summed E-state index contributed by atoms with van der Waals surface area (Å²) in [5.41, 5.74) is 5.96. The predicted molar refractivity (Wildman–Crippen MR) is 73.0 cm³/mol. The van der Waals surface area contributed by atoms with E-state index in [0.29, 0.717) is 11.8 Å². The van der Waals surface area contributed by atoms with Crippen molar-refractivity contribution in [2.45, 2.75) is 58.5 Å². The number of nitrogens with one attached hydrogen (secondary N) is 1. The van der Waals surface area contributed by atoms with Gasteiger partial charge in [-0.3, -0.25) is 4.79 Å². The van der Waals surface area contributed by atoms with Crippen molar-refractivity contribution in [3.63, 3.8) is 0 Å². The maximum atomic E-state index is 12.1. The summed E-state index contributed by atoms with van der Waals surface area (Å²) in [7, 11) is 0. The monoisotopic (exact) mass is 256 g/mol. The van der Waals surface area contributed by atoms with Gasteiger partial charge >= 0.3 is 0 Å². The van der Waals surface area contributed by atoms with E-state index in [-0.39, 0.29) is 30.5 Å². The van der Waals surface area contributed by atoms with Crippen LogP contribution in [0.2, 0.25) is 0 Å². The smallest absolute Gasteiger partial charge is 0.223 e. The molecule has 0 aromatic heterocycles. The molecule has 0 aliphatic heterocycles. The summed E-state index contributed by atoms with van der Waals surface area (Å²) in [4.78, 5) is 12.1. The van der Waals surface area contributed by atoms with Gasteiger partial charge in [0.2, 0.25) is 5.91 Å². The molecule has 1 fully saturated rings. The van der Waals surface area contributed by atoms with Crippen LogP contribution < -0.4 is 11.1 Å². The Balaban J connectivity index is 2.44. The number of hydrogen-bond acceptors (Lipinski definition) is 3. The van der Waals surface area contributed by atoms with Gasteiger partial charge in [-0.1, -0.05) is 20.8 Å². The second-order valence-corrected chi connectivity index (χ2v) is 6.17. The maximum Gasteiger partial charge on any atom is 0.223 e. The summed E-state index contributed by atoms with van der Waals surface area (Å²) in [6.45, 7) is 6.32. The zero-order valence-corrected chi connectivity index (χ0v) is 11.9. The molecule has 1 rings (SSSR count). The lowest BCUT2D eigenvalue weighted by atomic mass is 9.79. The average Bonchev–Trinajstić information content (AvgIpc) is 2.31. The number of carbonyl (C=O) groups is 1. The minimum absolute atomic E-state index is 0.0196. The Morgan fingerprint density at radius 2 is 2.11 bits per heavy atom. The fourth-order valence-electron chi connectivity index (χ4n) is 2.72. The second kappa shape index (κ2) is 7.10. The lowest BCUT2D eigenvalue weighted by molar-refractivity contribution is -0.127. The Kier molecular flexibility index (Phi) is 6.09. The van der Waals surface area contributed by atoms with Crippen LogP contribution in [0, 0.1) is 17.8 Å². The summed E-state index contributed by atoms with van der Waals surface area (Å²) in [6, 6.07) is 0.127.